The number of hydrogen-bond acceptors (Lipinski definition) is 1. The summed E-state index contributed by atoms with van der Waals surface area (Å²) in [5.74, 6) is 0. The van der Waals surface area contributed by atoms with E-state index in [4.69, 9.17) is 23.2 Å². The van der Waals surface area contributed by atoms with Gasteiger partial charge in [-0.05, 0) is 24.1 Å². The normalized spacial score (nSPS) is 18.6. The van der Waals surface area contributed by atoms with Crippen molar-refractivity contribution in [3.8, 4) is 0 Å². The van der Waals surface area contributed by atoms with Gasteiger partial charge in [-0.1, -0.05) is 23.2 Å². The molecule has 2 nitrogen and oxygen atoms in total. The van der Waals surface area contributed by atoms with Crippen molar-refractivity contribution in [2.45, 2.75) is 32.2 Å². The Morgan fingerprint density at radius 3 is 2.69 bits per heavy atom. The van der Waals surface area contributed by atoms with Crippen molar-refractivity contribution >= 4 is 29.4 Å². The number of benzene rings is 1. The number of rotatable bonds is 0. The smallest absolute Gasteiger partial charge is 0.184 e. The molecule has 0 radical (unpaired) electrons. The second-order valence-electron chi connectivity index (χ2n) is 4.73. The van der Waals surface area contributed by atoms with Gasteiger partial charge in [-0.3, -0.25) is 0 Å². The largest absolute Gasteiger partial charge is 0.623 e. The van der Waals surface area contributed by atoms with Crippen LogP contribution >= 0.6 is 23.2 Å². The molecule has 0 amide bonds. The highest BCUT2D eigenvalue weighted by atomic mass is 35.5. The molecule has 16 heavy (non-hydrogen) atoms. The fraction of sp³-hybridized carbons (Fsp3) is 0.417. The van der Waals surface area contributed by atoms with E-state index >= 15 is 0 Å². The van der Waals surface area contributed by atoms with Gasteiger partial charge in [0.2, 0.25) is 0 Å². The summed E-state index contributed by atoms with van der Waals surface area (Å²) in [6, 6.07) is 3.55. The van der Waals surface area contributed by atoms with Crippen LogP contribution in [0.15, 0.2) is 12.1 Å². The minimum Gasteiger partial charge on any atom is -0.623 e. The Bertz CT molecular complexity index is 466. The Hall–Kier alpha value is -0.730. The van der Waals surface area contributed by atoms with Gasteiger partial charge in [-0.25, -0.2) is 4.74 Å². The first-order valence-electron chi connectivity index (χ1n) is 5.19. The number of hydroxylamine groups is 1. The highest BCUT2D eigenvalue weighted by Crippen LogP contribution is 2.29. The molecule has 0 aliphatic carbocycles. The Labute approximate surface area is 105 Å². The maximum Gasteiger partial charge on any atom is 0.184 e. The predicted octanol–water partition coefficient (Wildman–Crippen LogP) is 3.65. The number of nitrogens with zero attached hydrogens (tertiary/aromatic N) is 1. The molecule has 1 aliphatic heterocycles. The van der Waals surface area contributed by atoms with Crippen molar-refractivity contribution in [1.29, 1.82) is 0 Å². The average molecular weight is 258 g/mol. The second-order valence-corrected chi connectivity index (χ2v) is 5.57. The van der Waals surface area contributed by atoms with E-state index in [0.717, 1.165) is 28.7 Å². The SMILES string of the molecule is CC1(C)CCc2cc(Cl)cc(Cl)c2C=[N+]1[O-]. The van der Waals surface area contributed by atoms with Crippen molar-refractivity contribution in [3.63, 3.8) is 0 Å². The van der Waals surface area contributed by atoms with Gasteiger partial charge < -0.3 is 5.21 Å². The summed E-state index contributed by atoms with van der Waals surface area (Å²) in [6.07, 6.45) is 3.18. The quantitative estimate of drug-likeness (QED) is 0.515. The van der Waals surface area contributed by atoms with Gasteiger partial charge in [0.05, 0.1) is 10.6 Å². The lowest BCUT2D eigenvalue weighted by Crippen LogP contribution is -2.32. The third-order valence-corrected chi connectivity index (χ3v) is 3.56. The van der Waals surface area contributed by atoms with E-state index in [1.54, 1.807) is 12.3 Å². The number of fused-ring (bicyclic) bond motifs is 1. The maximum absolute atomic E-state index is 11.9. The molecule has 0 saturated heterocycles. The van der Waals surface area contributed by atoms with Crippen molar-refractivity contribution in [2.75, 3.05) is 0 Å². The minimum atomic E-state index is -0.394. The van der Waals surface area contributed by atoms with E-state index in [1.807, 2.05) is 19.9 Å². The van der Waals surface area contributed by atoms with Crippen molar-refractivity contribution in [3.05, 3.63) is 38.5 Å². The summed E-state index contributed by atoms with van der Waals surface area (Å²) in [4.78, 5) is 0. The molecule has 1 heterocycles. The third-order valence-electron chi connectivity index (χ3n) is 3.03. The van der Waals surface area contributed by atoms with Gasteiger partial charge in [0.15, 0.2) is 11.8 Å². The van der Waals surface area contributed by atoms with Gasteiger partial charge in [-0.2, -0.15) is 0 Å². The van der Waals surface area contributed by atoms with Gasteiger partial charge in [0.1, 0.15) is 0 Å². The molecule has 1 aromatic carbocycles. The average Bonchev–Trinajstić information content (AvgIpc) is 2.28. The summed E-state index contributed by atoms with van der Waals surface area (Å²) in [5.41, 5.74) is 1.45. The summed E-state index contributed by atoms with van der Waals surface area (Å²) in [7, 11) is 0. The first kappa shape index (κ1) is 11.7. The molecular formula is C12H13Cl2NO. The molecule has 0 aromatic heterocycles. The molecule has 2 rings (SSSR count). The molecule has 0 bridgehead atoms. The highest BCUT2D eigenvalue weighted by molar-refractivity contribution is 6.36. The molecule has 0 saturated carbocycles. The Kier molecular flexibility index (Phi) is 2.89. The zero-order chi connectivity index (χ0) is 11.9. The molecule has 0 unspecified atom stereocenters. The van der Waals surface area contributed by atoms with E-state index in [-0.39, 0.29) is 0 Å². The summed E-state index contributed by atoms with van der Waals surface area (Å²) < 4.78 is 0.985. The highest BCUT2D eigenvalue weighted by Gasteiger charge is 2.30. The van der Waals surface area contributed by atoms with Crippen LogP contribution < -0.4 is 0 Å². The van der Waals surface area contributed by atoms with E-state index in [0.29, 0.717) is 10.0 Å². The molecule has 0 fully saturated rings. The lowest BCUT2D eigenvalue weighted by atomic mass is 9.96. The zero-order valence-corrected chi connectivity index (χ0v) is 10.8. The molecule has 0 spiro atoms. The molecule has 1 aromatic rings. The fourth-order valence-electron chi connectivity index (χ4n) is 1.83. The van der Waals surface area contributed by atoms with Gasteiger partial charge in [-0.15, -0.1) is 0 Å². The Morgan fingerprint density at radius 2 is 2.00 bits per heavy atom. The van der Waals surface area contributed by atoms with Gasteiger partial charge >= 0.3 is 0 Å². The van der Waals surface area contributed by atoms with Crippen LogP contribution in [-0.4, -0.2) is 16.5 Å². The lowest BCUT2D eigenvalue weighted by Gasteiger charge is -2.21. The second kappa shape index (κ2) is 3.94. The monoisotopic (exact) mass is 257 g/mol. The van der Waals surface area contributed by atoms with Gasteiger partial charge in [0, 0.05) is 25.3 Å². The first-order chi connectivity index (χ1) is 7.40. The van der Waals surface area contributed by atoms with Crippen LogP contribution in [0.3, 0.4) is 0 Å². The standard InChI is InChI=1S/C12H13Cl2NO/c1-12(2)4-3-8-5-9(13)6-11(14)10(8)7-15(12)16/h5-7H,3-4H2,1-2H3. The molecule has 4 heteroatoms. The molecule has 1 aliphatic rings. The van der Waals surface area contributed by atoms with Crippen molar-refractivity contribution in [2.24, 2.45) is 0 Å². The van der Waals surface area contributed by atoms with Gasteiger partial charge in [0.25, 0.3) is 0 Å². The predicted molar refractivity (Wildman–Crippen MR) is 67.7 cm³/mol. The third kappa shape index (κ3) is 2.04. The summed E-state index contributed by atoms with van der Waals surface area (Å²) >= 11 is 12.0. The lowest BCUT2D eigenvalue weighted by molar-refractivity contribution is -0.536. The van der Waals surface area contributed by atoms with Crippen LogP contribution in [0.25, 0.3) is 0 Å². The van der Waals surface area contributed by atoms with E-state index in [9.17, 15) is 5.21 Å². The molecule has 0 N–H and O–H groups in total. The van der Waals surface area contributed by atoms with Crippen LogP contribution in [0.4, 0.5) is 0 Å². The number of halogens is 2. The van der Waals surface area contributed by atoms with Crippen molar-refractivity contribution < 1.29 is 4.74 Å². The number of hydrogen-bond donors (Lipinski definition) is 0. The van der Waals surface area contributed by atoms with E-state index < -0.39 is 5.54 Å². The number of aryl methyl sites for hydroxylation is 1. The Balaban J connectivity index is 2.59. The summed E-state index contributed by atoms with van der Waals surface area (Å²) in [5, 5.41) is 13.1. The molecule has 0 atom stereocenters. The Morgan fingerprint density at radius 1 is 1.31 bits per heavy atom. The van der Waals surface area contributed by atoms with Crippen LogP contribution in [0.1, 0.15) is 31.4 Å². The van der Waals surface area contributed by atoms with Crippen LogP contribution in [0.2, 0.25) is 10.0 Å². The van der Waals surface area contributed by atoms with Crippen molar-refractivity contribution in [1.82, 2.24) is 0 Å². The minimum absolute atomic E-state index is 0.394. The topological polar surface area (TPSA) is 26.1 Å². The van der Waals surface area contributed by atoms with E-state index in [1.165, 1.54) is 0 Å². The maximum atomic E-state index is 11.9. The van der Waals surface area contributed by atoms with Crippen LogP contribution in [0, 0.1) is 5.21 Å². The first-order valence-corrected chi connectivity index (χ1v) is 5.95. The molecular weight excluding hydrogens is 245 g/mol. The van der Waals surface area contributed by atoms with Crippen LogP contribution in [0.5, 0.6) is 0 Å². The van der Waals surface area contributed by atoms with Crippen LogP contribution in [-0.2, 0) is 6.42 Å². The zero-order valence-electron chi connectivity index (χ0n) is 9.26. The fourth-order valence-corrected chi connectivity index (χ4v) is 2.42. The molecule has 86 valence electrons. The van der Waals surface area contributed by atoms with E-state index in [2.05, 4.69) is 0 Å². The summed E-state index contributed by atoms with van der Waals surface area (Å²) in [6.45, 7) is 3.86.